The molecule has 86 valence electrons. The third-order valence-corrected chi connectivity index (χ3v) is 2.87. The summed E-state index contributed by atoms with van der Waals surface area (Å²) in [6.45, 7) is 4.41. The van der Waals surface area contributed by atoms with E-state index >= 15 is 0 Å². The van der Waals surface area contributed by atoms with E-state index in [9.17, 15) is 0 Å². The smallest absolute Gasteiger partial charge is 0.0992 e. The van der Waals surface area contributed by atoms with Crippen LogP contribution in [0.25, 0.3) is 5.69 Å². The maximum Gasteiger partial charge on any atom is 0.0992 e. The van der Waals surface area contributed by atoms with Crippen molar-refractivity contribution in [2.75, 3.05) is 0 Å². The van der Waals surface area contributed by atoms with Gasteiger partial charge in [0.1, 0.15) is 0 Å². The van der Waals surface area contributed by atoms with Crippen LogP contribution >= 0.6 is 0 Å². The fourth-order valence-electron chi connectivity index (χ4n) is 1.93. The second kappa shape index (κ2) is 4.40. The third-order valence-electron chi connectivity index (χ3n) is 2.87. The van der Waals surface area contributed by atoms with Crippen molar-refractivity contribution < 1.29 is 0 Å². The standard InChI is InChI=1S/C13H14N4/c1-9-13(8-15)10(2)17(16-9)12-5-3-4-11(6-12)7-14/h3-6H,8,15H2,1-2H3. The average Bonchev–Trinajstić information content (AvgIpc) is 2.64. The first-order chi connectivity index (χ1) is 8.17. The molecule has 4 nitrogen and oxygen atoms in total. The van der Waals surface area contributed by atoms with Crippen LogP contribution in [0.2, 0.25) is 0 Å². The maximum absolute atomic E-state index is 8.88. The molecule has 0 unspecified atom stereocenters. The molecule has 0 aliphatic heterocycles. The molecule has 2 N–H and O–H groups in total. The minimum absolute atomic E-state index is 0.482. The molecule has 2 rings (SSSR count). The highest BCUT2D eigenvalue weighted by atomic mass is 15.3. The molecule has 0 saturated carbocycles. The Morgan fingerprint density at radius 2 is 2.18 bits per heavy atom. The van der Waals surface area contributed by atoms with Crippen molar-refractivity contribution in [2.24, 2.45) is 5.73 Å². The first kappa shape index (κ1) is 11.4. The lowest BCUT2D eigenvalue weighted by Crippen LogP contribution is -2.02. The monoisotopic (exact) mass is 226 g/mol. The van der Waals surface area contributed by atoms with Crippen LogP contribution in [0, 0.1) is 25.2 Å². The van der Waals surface area contributed by atoms with E-state index in [1.807, 2.05) is 36.7 Å². The second-order valence-corrected chi connectivity index (χ2v) is 3.93. The SMILES string of the molecule is Cc1nn(-c2cccc(C#N)c2)c(C)c1CN. The molecule has 0 spiro atoms. The highest BCUT2D eigenvalue weighted by Crippen LogP contribution is 2.17. The molecule has 0 fully saturated rings. The van der Waals surface area contributed by atoms with E-state index in [4.69, 9.17) is 11.0 Å². The van der Waals surface area contributed by atoms with Gasteiger partial charge in [0.05, 0.1) is 23.0 Å². The Labute approximate surface area is 100 Å². The summed E-state index contributed by atoms with van der Waals surface area (Å²) >= 11 is 0. The molecular weight excluding hydrogens is 212 g/mol. The highest BCUT2D eigenvalue weighted by molar-refractivity contribution is 5.43. The van der Waals surface area contributed by atoms with Gasteiger partial charge >= 0.3 is 0 Å². The molecule has 1 aromatic heterocycles. The van der Waals surface area contributed by atoms with Crippen LogP contribution in [0.3, 0.4) is 0 Å². The van der Waals surface area contributed by atoms with Crippen molar-refractivity contribution in [3.8, 4) is 11.8 Å². The van der Waals surface area contributed by atoms with Crippen molar-refractivity contribution in [1.82, 2.24) is 9.78 Å². The summed E-state index contributed by atoms with van der Waals surface area (Å²) in [6.07, 6.45) is 0. The number of nitriles is 1. The van der Waals surface area contributed by atoms with Crippen LogP contribution in [-0.4, -0.2) is 9.78 Å². The topological polar surface area (TPSA) is 67.6 Å². The lowest BCUT2D eigenvalue weighted by Gasteiger charge is -2.05. The minimum Gasteiger partial charge on any atom is -0.326 e. The summed E-state index contributed by atoms with van der Waals surface area (Å²) in [5.41, 5.74) is 10.2. The molecule has 1 aromatic carbocycles. The van der Waals surface area contributed by atoms with Crippen molar-refractivity contribution in [3.05, 3.63) is 46.8 Å². The number of aromatic nitrogens is 2. The zero-order valence-electron chi connectivity index (χ0n) is 9.94. The Morgan fingerprint density at radius 3 is 2.76 bits per heavy atom. The molecule has 0 bridgehead atoms. The molecule has 0 amide bonds. The van der Waals surface area contributed by atoms with E-state index < -0.39 is 0 Å². The highest BCUT2D eigenvalue weighted by Gasteiger charge is 2.11. The van der Waals surface area contributed by atoms with Crippen molar-refractivity contribution in [3.63, 3.8) is 0 Å². The Balaban J connectivity index is 2.57. The number of nitrogens with two attached hydrogens (primary N) is 1. The van der Waals surface area contributed by atoms with E-state index in [-0.39, 0.29) is 0 Å². The van der Waals surface area contributed by atoms with E-state index in [0.29, 0.717) is 12.1 Å². The number of benzene rings is 1. The van der Waals surface area contributed by atoms with Crippen molar-refractivity contribution in [1.29, 1.82) is 5.26 Å². The molecule has 0 saturated heterocycles. The van der Waals surface area contributed by atoms with Gasteiger partial charge in [-0.1, -0.05) is 6.07 Å². The molecule has 17 heavy (non-hydrogen) atoms. The average molecular weight is 226 g/mol. The van der Waals surface area contributed by atoms with Gasteiger partial charge in [-0.3, -0.25) is 0 Å². The summed E-state index contributed by atoms with van der Waals surface area (Å²) in [7, 11) is 0. The van der Waals surface area contributed by atoms with Gasteiger partial charge in [0, 0.05) is 17.8 Å². The van der Waals surface area contributed by atoms with Gasteiger partial charge in [-0.05, 0) is 32.0 Å². The van der Waals surface area contributed by atoms with Crippen LogP contribution in [-0.2, 0) is 6.54 Å². The van der Waals surface area contributed by atoms with Gasteiger partial charge in [-0.15, -0.1) is 0 Å². The van der Waals surface area contributed by atoms with Crippen LogP contribution in [0.1, 0.15) is 22.5 Å². The quantitative estimate of drug-likeness (QED) is 0.849. The van der Waals surface area contributed by atoms with Crippen LogP contribution < -0.4 is 5.73 Å². The van der Waals surface area contributed by atoms with Gasteiger partial charge in [0.2, 0.25) is 0 Å². The Hall–Kier alpha value is -2.12. The molecule has 0 radical (unpaired) electrons. The van der Waals surface area contributed by atoms with E-state index in [1.165, 1.54) is 0 Å². The van der Waals surface area contributed by atoms with Crippen LogP contribution in [0.15, 0.2) is 24.3 Å². The van der Waals surface area contributed by atoms with E-state index in [2.05, 4.69) is 11.2 Å². The molecule has 0 aliphatic carbocycles. The number of nitrogens with zero attached hydrogens (tertiary/aromatic N) is 3. The number of rotatable bonds is 2. The second-order valence-electron chi connectivity index (χ2n) is 3.93. The number of hydrogen-bond acceptors (Lipinski definition) is 3. The zero-order chi connectivity index (χ0) is 12.4. The number of aryl methyl sites for hydroxylation is 1. The summed E-state index contributed by atoms with van der Waals surface area (Å²) in [4.78, 5) is 0. The Kier molecular flexibility index (Phi) is 2.94. The molecule has 4 heteroatoms. The Morgan fingerprint density at radius 1 is 1.41 bits per heavy atom. The minimum atomic E-state index is 0.482. The van der Waals surface area contributed by atoms with Crippen molar-refractivity contribution in [2.45, 2.75) is 20.4 Å². The molecule has 0 atom stereocenters. The Bertz CT molecular complexity index is 590. The molecule has 1 heterocycles. The zero-order valence-corrected chi connectivity index (χ0v) is 9.94. The largest absolute Gasteiger partial charge is 0.326 e. The van der Waals surface area contributed by atoms with Gasteiger partial charge < -0.3 is 5.73 Å². The normalized spacial score (nSPS) is 10.2. The predicted octanol–water partition coefficient (Wildman–Crippen LogP) is 1.82. The predicted molar refractivity (Wildman–Crippen MR) is 65.6 cm³/mol. The maximum atomic E-state index is 8.88. The fourth-order valence-corrected chi connectivity index (χ4v) is 1.93. The summed E-state index contributed by atoms with van der Waals surface area (Å²) in [5, 5.41) is 13.3. The first-order valence-electron chi connectivity index (χ1n) is 5.43. The lowest BCUT2D eigenvalue weighted by atomic mass is 10.2. The number of hydrogen-bond donors (Lipinski definition) is 1. The van der Waals surface area contributed by atoms with Gasteiger partial charge in [0.25, 0.3) is 0 Å². The van der Waals surface area contributed by atoms with E-state index in [0.717, 1.165) is 22.6 Å². The van der Waals surface area contributed by atoms with Gasteiger partial charge in [-0.25, -0.2) is 4.68 Å². The van der Waals surface area contributed by atoms with Gasteiger partial charge in [-0.2, -0.15) is 10.4 Å². The van der Waals surface area contributed by atoms with Crippen LogP contribution in [0.5, 0.6) is 0 Å². The summed E-state index contributed by atoms with van der Waals surface area (Å²) in [6, 6.07) is 9.51. The summed E-state index contributed by atoms with van der Waals surface area (Å²) in [5.74, 6) is 0. The van der Waals surface area contributed by atoms with Crippen LogP contribution in [0.4, 0.5) is 0 Å². The lowest BCUT2D eigenvalue weighted by molar-refractivity contribution is 0.832. The van der Waals surface area contributed by atoms with Gasteiger partial charge in [0.15, 0.2) is 0 Å². The molecular formula is C13H14N4. The summed E-state index contributed by atoms with van der Waals surface area (Å²) < 4.78 is 1.83. The van der Waals surface area contributed by atoms with E-state index in [1.54, 1.807) is 6.07 Å². The third kappa shape index (κ3) is 1.93. The first-order valence-corrected chi connectivity index (χ1v) is 5.43. The fraction of sp³-hybridized carbons (Fsp3) is 0.231. The molecule has 2 aromatic rings. The molecule has 0 aliphatic rings. The van der Waals surface area contributed by atoms with Crippen molar-refractivity contribution >= 4 is 0 Å².